The van der Waals surface area contributed by atoms with E-state index in [0.29, 0.717) is 18.2 Å². The minimum Gasteiger partial charge on any atom is -0.368 e. The van der Waals surface area contributed by atoms with E-state index in [1.807, 2.05) is 19.1 Å². The van der Waals surface area contributed by atoms with Crippen LogP contribution >= 0.6 is 0 Å². The molecule has 30 heavy (non-hydrogen) atoms. The standard InChI is InChI=1S/C22H38N6O2/c1-5-24-22(27-17(4)9-8-14-28(6-2)7-3)26-15-18-10-12-19(13-11-18)21(30)25-16-20(23)29/h10-13,17H,5-9,14-16H2,1-4H3,(H2,23,29)(H,25,30)(H2,24,26,27). The number of guanidine groups is 1. The molecule has 8 heteroatoms. The fraction of sp³-hybridized carbons (Fsp3) is 0.591. The maximum atomic E-state index is 11.9. The average molecular weight is 419 g/mol. The number of hydrogen-bond donors (Lipinski definition) is 4. The number of nitrogens with zero attached hydrogens (tertiary/aromatic N) is 2. The van der Waals surface area contributed by atoms with E-state index < -0.39 is 5.91 Å². The van der Waals surface area contributed by atoms with Gasteiger partial charge in [-0.25, -0.2) is 4.99 Å². The van der Waals surface area contributed by atoms with Gasteiger partial charge in [0, 0.05) is 18.2 Å². The Morgan fingerprint density at radius 2 is 1.77 bits per heavy atom. The van der Waals surface area contributed by atoms with Gasteiger partial charge in [0.15, 0.2) is 5.96 Å². The van der Waals surface area contributed by atoms with Crippen molar-refractivity contribution in [2.45, 2.75) is 53.1 Å². The second kappa shape index (κ2) is 14.4. The van der Waals surface area contributed by atoms with Crippen LogP contribution in [0.2, 0.25) is 0 Å². The van der Waals surface area contributed by atoms with Crippen LogP contribution in [0.15, 0.2) is 29.3 Å². The van der Waals surface area contributed by atoms with Gasteiger partial charge in [-0.05, 0) is 64.0 Å². The van der Waals surface area contributed by atoms with Crippen LogP contribution in [0.5, 0.6) is 0 Å². The lowest BCUT2D eigenvalue weighted by Crippen LogP contribution is -2.42. The fourth-order valence-electron chi connectivity index (χ4n) is 2.99. The number of hydrogen-bond acceptors (Lipinski definition) is 4. The van der Waals surface area contributed by atoms with Gasteiger partial charge in [0.2, 0.25) is 5.91 Å². The summed E-state index contributed by atoms with van der Waals surface area (Å²) < 4.78 is 0. The lowest BCUT2D eigenvalue weighted by atomic mass is 10.1. The van der Waals surface area contributed by atoms with Crippen molar-refractivity contribution >= 4 is 17.8 Å². The Kier molecular flexibility index (Phi) is 12.2. The first kappa shape index (κ1) is 25.4. The summed E-state index contributed by atoms with van der Waals surface area (Å²) in [6.07, 6.45) is 2.23. The molecule has 168 valence electrons. The van der Waals surface area contributed by atoms with Gasteiger partial charge in [0.05, 0.1) is 13.1 Å². The lowest BCUT2D eigenvalue weighted by Gasteiger charge is -2.21. The highest BCUT2D eigenvalue weighted by atomic mass is 16.2. The monoisotopic (exact) mass is 418 g/mol. The first-order chi connectivity index (χ1) is 14.4. The van der Waals surface area contributed by atoms with E-state index in [0.717, 1.165) is 50.5 Å². The quantitative estimate of drug-likeness (QED) is 0.286. The van der Waals surface area contributed by atoms with Crippen molar-refractivity contribution < 1.29 is 9.59 Å². The summed E-state index contributed by atoms with van der Waals surface area (Å²) in [5.74, 6) is -0.103. The van der Waals surface area contributed by atoms with Gasteiger partial charge >= 0.3 is 0 Å². The summed E-state index contributed by atoms with van der Waals surface area (Å²) in [5.41, 5.74) is 6.52. The highest BCUT2D eigenvalue weighted by molar-refractivity contribution is 5.96. The Labute approximate surface area is 180 Å². The minimum absolute atomic E-state index is 0.171. The summed E-state index contributed by atoms with van der Waals surface area (Å²) >= 11 is 0. The Balaban J connectivity index is 2.56. The van der Waals surface area contributed by atoms with Crippen LogP contribution in [0.3, 0.4) is 0 Å². The number of nitrogens with two attached hydrogens (primary N) is 1. The third-order valence-corrected chi connectivity index (χ3v) is 4.79. The molecule has 0 radical (unpaired) electrons. The zero-order valence-corrected chi connectivity index (χ0v) is 18.8. The van der Waals surface area contributed by atoms with Gasteiger partial charge in [-0.3, -0.25) is 9.59 Å². The van der Waals surface area contributed by atoms with Crippen LogP contribution < -0.4 is 21.7 Å². The van der Waals surface area contributed by atoms with E-state index in [4.69, 9.17) is 5.73 Å². The third-order valence-electron chi connectivity index (χ3n) is 4.79. The van der Waals surface area contributed by atoms with Crippen molar-refractivity contribution in [3.63, 3.8) is 0 Å². The number of primary amides is 1. The minimum atomic E-state index is -0.569. The molecule has 0 spiro atoms. The van der Waals surface area contributed by atoms with Gasteiger partial charge in [-0.1, -0.05) is 26.0 Å². The maximum absolute atomic E-state index is 11.9. The number of carbonyl (C=O) groups is 2. The molecule has 0 bridgehead atoms. The summed E-state index contributed by atoms with van der Waals surface area (Å²) in [5, 5.41) is 9.22. The number of rotatable bonds is 13. The van der Waals surface area contributed by atoms with Gasteiger partial charge in [0.1, 0.15) is 0 Å². The molecule has 0 heterocycles. The molecule has 0 aromatic heterocycles. The third kappa shape index (κ3) is 10.2. The number of carbonyl (C=O) groups excluding carboxylic acids is 2. The largest absolute Gasteiger partial charge is 0.368 e. The molecule has 0 fully saturated rings. The molecule has 5 N–H and O–H groups in total. The molecular weight excluding hydrogens is 380 g/mol. The lowest BCUT2D eigenvalue weighted by molar-refractivity contribution is -0.117. The van der Waals surface area contributed by atoms with Gasteiger partial charge in [0.25, 0.3) is 5.91 Å². The molecule has 1 rings (SSSR count). The van der Waals surface area contributed by atoms with E-state index >= 15 is 0 Å². The van der Waals surface area contributed by atoms with Crippen LogP contribution in [0.25, 0.3) is 0 Å². The van der Waals surface area contributed by atoms with Crippen LogP contribution in [0.4, 0.5) is 0 Å². The van der Waals surface area contributed by atoms with E-state index in [1.54, 1.807) is 12.1 Å². The molecule has 2 amide bonds. The van der Waals surface area contributed by atoms with Gasteiger partial charge in [-0.2, -0.15) is 0 Å². The molecule has 1 aromatic rings. The maximum Gasteiger partial charge on any atom is 0.251 e. The van der Waals surface area contributed by atoms with E-state index in [9.17, 15) is 9.59 Å². The number of aliphatic imine (C=N–C) groups is 1. The molecule has 1 aromatic carbocycles. The summed E-state index contributed by atoms with van der Waals surface area (Å²) in [7, 11) is 0. The molecule has 8 nitrogen and oxygen atoms in total. The normalized spacial score (nSPS) is 12.5. The van der Waals surface area contributed by atoms with E-state index in [-0.39, 0.29) is 12.5 Å². The fourth-order valence-corrected chi connectivity index (χ4v) is 2.99. The van der Waals surface area contributed by atoms with E-state index in [2.05, 4.69) is 46.6 Å². The van der Waals surface area contributed by atoms with Crippen molar-refractivity contribution in [3.05, 3.63) is 35.4 Å². The number of nitrogens with one attached hydrogen (secondary N) is 3. The van der Waals surface area contributed by atoms with Gasteiger partial charge < -0.3 is 26.6 Å². The molecule has 1 atom stereocenters. The Bertz CT molecular complexity index is 671. The van der Waals surface area contributed by atoms with Crippen LogP contribution in [-0.4, -0.2) is 61.4 Å². The molecule has 1 unspecified atom stereocenters. The smallest absolute Gasteiger partial charge is 0.251 e. The van der Waals surface area contributed by atoms with E-state index in [1.165, 1.54) is 0 Å². The molecule has 0 saturated carbocycles. The van der Waals surface area contributed by atoms with Crippen molar-refractivity contribution in [2.75, 3.05) is 32.7 Å². The average Bonchev–Trinajstić information content (AvgIpc) is 2.74. The van der Waals surface area contributed by atoms with Gasteiger partial charge in [-0.15, -0.1) is 0 Å². The van der Waals surface area contributed by atoms with Crippen LogP contribution in [0, 0.1) is 0 Å². The van der Waals surface area contributed by atoms with Crippen molar-refractivity contribution in [1.29, 1.82) is 0 Å². The highest BCUT2D eigenvalue weighted by Gasteiger charge is 2.08. The Hall–Kier alpha value is -2.61. The second-order valence-electron chi connectivity index (χ2n) is 7.26. The van der Waals surface area contributed by atoms with Crippen LogP contribution in [-0.2, 0) is 11.3 Å². The number of amides is 2. The summed E-state index contributed by atoms with van der Waals surface area (Å²) in [6, 6.07) is 7.49. The predicted molar refractivity (Wildman–Crippen MR) is 122 cm³/mol. The Morgan fingerprint density at radius 1 is 1.10 bits per heavy atom. The molecule has 0 aliphatic heterocycles. The molecular formula is C22H38N6O2. The zero-order chi connectivity index (χ0) is 22.4. The summed E-state index contributed by atoms with van der Waals surface area (Å²) in [6.45, 7) is 13.0. The first-order valence-corrected chi connectivity index (χ1v) is 10.8. The molecule has 0 saturated heterocycles. The van der Waals surface area contributed by atoms with Crippen molar-refractivity contribution in [2.24, 2.45) is 10.7 Å². The second-order valence-corrected chi connectivity index (χ2v) is 7.26. The topological polar surface area (TPSA) is 112 Å². The van der Waals surface area contributed by atoms with Crippen molar-refractivity contribution in [1.82, 2.24) is 20.9 Å². The van der Waals surface area contributed by atoms with Crippen LogP contribution in [0.1, 0.15) is 56.5 Å². The first-order valence-electron chi connectivity index (χ1n) is 10.8. The highest BCUT2D eigenvalue weighted by Crippen LogP contribution is 2.06. The SMILES string of the molecule is CCNC(=NCc1ccc(C(=O)NCC(N)=O)cc1)NC(C)CCCN(CC)CC. The van der Waals surface area contributed by atoms with Crippen molar-refractivity contribution in [3.8, 4) is 0 Å². The predicted octanol–water partition coefficient (Wildman–Crippen LogP) is 1.47. The Morgan fingerprint density at radius 3 is 2.33 bits per heavy atom. The summed E-state index contributed by atoms with van der Waals surface area (Å²) in [4.78, 5) is 29.8. The molecule has 0 aliphatic carbocycles. The zero-order valence-electron chi connectivity index (χ0n) is 18.8. The molecule has 0 aliphatic rings. The number of benzene rings is 1.